The van der Waals surface area contributed by atoms with E-state index in [4.69, 9.17) is 4.42 Å². The standard InChI is InChI=1S/C51H34N2O/c1-51(2)41-29-32(31-21-27-48-40(28-31)37-14-8-11-19-47(37)54-48)20-23-35(41)36-24-22-34(30-42(36)51)53-44-18-10-7-16-39(44)50-46(53)26-25-45-49(50)38-15-6-9-17-43(38)52(45)33-12-4-3-5-13-33/h3-30H,1-2H3. The molecular formula is C51H34N2O. The minimum atomic E-state index is -0.182. The monoisotopic (exact) mass is 690 g/mol. The maximum Gasteiger partial charge on any atom is 0.135 e. The molecule has 0 fully saturated rings. The van der Waals surface area contributed by atoms with E-state index in [-0.39, 0.29) is 5.41 Å². The van der Waals surface area contributed by atoms with Gasteiger partial charge in [0.05, 0.1) is 22.1 Å². The van der Waals surface area contributed by atoms with Crippen LogP contribution in [0.5, 0.6) is 0 Å². The maximum atomic E-state index is 6.14. The van der Waals surface area contributed by atoms with Crippen molar-refractivity contribution >= 4 is 65.6 Å². The number of nitrogens with zero attached hydrogens (tertiary/aromatic N) is 2. The molecule has 254 valence electrons. The third-order valence-electron chi connectivity index (χ3n) is 12.1. The number of hydrogen-bond donors (Lipinski definition) is 0. The van der Waals surface area contributed by atoms with Crippen LogP contribution in [0.1, 0.15) is 25.0 Å². The Labute approximate surface area is 311 Å². The Balaban J connectivity index is 1.04. The van der Waals surface area contributed by atoms with Gasteiger partial charge in [0.15, 0.2) is 0 Å². The first-order valence-corrected chi connectivity index (χ1v) is 18.8. The van der Waals surface area contributed by atoms with Crippen molar-refractivity contribution in [2.45, 2.75) is 19.3 Å². The summed E-state index contributed by atoms with van der Waals surface area (Å²) in [5.41, 5.74) is 16.7. The van der Waals surface area contributed by atoms with Crippen LogP contribution < -0.4 is 0 Å². The second-order valence-corrected chi connectivity index (χ2v) is 15.3. The maximum absolute atomic E-state index is 6.14. The van der Waals surface area contributed by atoms with E-state index in [1.54, 1.807) is 0 Å². The Morgan fingerprint density at radius 1 is 0.389 bits per heavy atom. The molecule has 0 spiro atoms. The summed E-state index contributed by atoms with van der Waals surface area (Å²) in [6.07, 6.45) is 0. The van der Waals surface area contributed by atoms with E-state index < -0.39 is 0 Å². The van der Waals surface area contributed by atoms with Crippen molar-refractivity contribution in [2.24, 2.45) is 0 Å². The molecule has 0 bridgehead atoms. The number of benzene rings is 8. The van der Waals surface area contributed by atoms with Gasteiger partial charge in [-0.25, -0.2) is 0 Å². The smallest absolute Gasteiger partial charge is 0.135 e. The van der Waals surface area contributed by atoms with E-state index in [1.165, 1.54) is 88.4 Å². The normalized spacial score (nSPS) is 13.5. The van der Waals surface area contributed by atoms with Crippen LogP contribution >= 0.6 is 0 Å². The van der Waals surface area contributed by atoms with Crippen molar-refractivity contribution in [2.75, 3.05) is 0 Å². The van der Waals surface area contributed by atoms with E-state index in [2.05, 4.69) is 181 Å². The second-order valence-electron chi connectivity index (χ2n) is 15.3. The molecule has 3 heteroatoms. The van der Waals surface area contributed by atoms with Gasteiger partial charge < -0.3 is 13.6 Å². The lowest BCUT2D eigenvalue weighted by Gasteiger charge is -2.23. The predicted octanol–water partition coefficient (Wildman–Crippen LogP) is 13.8. The SMILES string of the molecule is CC1(C)c2cc(-c3ccc4oc5ccccc5c4c3)ccc2-c2ccc(-n3c4ccccc4c4c5c6ccccc6n(-c6ccccc6)c5ccc43)cc21. The van der Waals surface area contributed by atoms with Crippen LogP contribution in [0, 0.1) is 0 Å². The number of fused-ring (bicyclic) bond motifs is 13. The van der Waals surface area contributed by atoms with E-state index in [1.807, 2.05) is 12.1 Å². The fourth-order valence-corrected chi connectivity index (χ4v) is 9.60. The van der Waals surface area contributed by atoms with Crippen molar-refractivity contribution in [3.63, 3.8) is 0 Å². The molecule has 0 atom stereocenters. The highest BCUT2D eigenvalue weighted by Gasteiger charge is 2.36. The molecule has 3 nitrogen and oxygen atoms in total. The molecule has 0 amide bonds. The van der Waals surface area contributed by atoms with Gasteiger partial charge in [-0.05, 0) is 106 Å². The molecule has 54 heavy (non-hydrogen) atoms. The summed E-state index contributed by atoms with van der Waals surface area (Å²) in [7, 11) is 0. The summed E-state index contributed by atoms with van der Waals surface area (Å²) in [6, 6.07) is 62.2. The third kappa shape index (κ3) is 3.91. The zero-order valence-corrected chi connectivity index (χ0v) is 30.0. The van der Waals surface area contributed by atoms with Gasteiger partial charge >= 0.3 is 0 Å². The minimum Gasteiger partial charge on any atom is -0.456 e. The first-order chi connectivity index (χ1) is 26.5. The fraction of sp³-hybridized carbons (Fsp3) is 0.0588. The van der Waals surface area contributed by atoms with Gasteiger partial charge in [0.1, 0.15) is 11.2 Å². The summed E-state index contributed by atoms with van der Waals surface area (Å²) in [4.78, 5) is 0. The summed E-state index contributed by atoms with van der Waals surface area (Å²) < 4.78 is 11.0. The largest absolute Gasteiger partial charge is 0.456 e. The topological polar surface area (TPSA) is 23.0 Å². The van der Waals surface area contributed by atoms with Crippen LogP contribution in [-0.4, -0.2) is 9.13 Å². The molecule has 1 aliphatic rings. The number of aromatic nitrogens is 2. The highest BCUT2D eigenvalue weighted by Crippen LogP contribution is 2.51. The highest BCUT2D eigenvalue weighted by molar-refractivity contribution is 6.29. The van der Waals surface area contributed by atoms with Crippen LogP contribution in [0.25, 0.3) is 99.2 Å². The summed E-state index contributed by atoms with van der Waals surface area (Å²) in [6.45, 7) is 4.76. The number of para-hydroxylation sites is 4. The molecule has 0 saturated carbocycles. The van der Waals surface area contributed by atoms with E-state index in [9.17, 15) is 0 Å². The van der Waals surface area contributed by atoms with Crippen molar-refractivity contribution < 1.29 is 4.42 Å². The van der Waals surface area contributed by atoms with Gasteiger partial charge in [0.2, 0.25) is 0 Å². The lowest BCUT2D eigenvalue weighted by molar-refractivity contribution is 0.660. The molecule has 0 radical (unpaired) electrons. The molecule has 0 N–H and O–H groups in total. The Morgan fingerprint density at radius 3 is 1.65 bits per heavy atom. The van der Waals surface area contributed by atoms with Crippen LogP contribution in [0.3, 0.4) is 0 Å². The first kappa shape index (κ1) is 29.7. The second kappa shape index (κ2) is 10.6. The quantitative estimate of drug-likeness (QED) is 0.181. The molecule has 0 unspecified atom stereocenters. The molecule has 11 aromatic rings. The van der Waals surface area contributed by atoms with Gasteiger partial charge in [0, 0.05) is 49.1 Å². The predicted molar refractivity (Wildman–Crippen MR) is 225 cm³/mol. The number of furan rings is 1. The van der Waals surface area contributed by atoms with Gasteiger partial charge in [-0.3, -0.25) is 0 Å². The van der Waals surface area contributed by atoms with Gasteiger partial charge in [-0.2, -0.15) is 0 Å². The summed E-state index contributed by atoms with van der Waals surface area (Å²) in [5, 5.41) is 7.44. The Morgan fingerprint density at radius 2 is 0.926 bits per heavy atom. The zero-order chi connectivity index (χ0) is 35.7. The van der Waals surface area contributed by atoms with E-state index in [0.717, 1.165) is 21.9 Å². The van der Waals surface area contributed by atoms with Crippen LogP contribution in [0.2, 0.25) is 0 Å². The van der Waals surface area contributed by atoms with Gasteiger partial charge in [0.25, 0.3) is 0 Å². The van der Waals surface area contributed by atoms with Crippen molar-refractivity contribution in [3.8, 4) is 33.6 Å². The highest BCUT2D eigenvalue weighted by atomic mass is 16.3. The Bertz CT molecular complexity index is 3350. The molecule has 0 saturated heterocycles. The van der Waals surface area contributed by atoms with Crippen LogP contribution in [-0.2, 0) is 5.41 Å². The molecular weight excluding hydrogens is 657 g/mol. The Kier molecular flexibility index (Phi) is 5.84. The van der Waals surface area contributed by atoms with Crippen LogP contribution in [0.15, 0.2) is 174 Å². The Hall–Kier alpha value is -6.84. The molecule has 1 aliphatic carbocycles. The summed E-state index contributed by atoms with van der Waals surface area (Å²) in [5.74, 6) is 0. The number of rotatable bonds is 3. The lowest BCUT2D eigenvalue weighted by atomic mass is 9.81. The average Bonchev–Trinajstić information content (AvgIpc) is 3.93. The summed E-state index contributed by atoms with van der Waals surface area (Å²) >= 11 is 0. The fourth-order valence-electron chi connectivity index (χ4n) is 9.60. The van der Waals surface area contributed by atoms with E-state index >= 15 is 0 Å². The first-order valence-electron chi connectivity index (χ1n) is 18.8. The lowest BCUT2D eigenvalue weighted by Crippen LogP contribution is -2.15. The minimum absolute atomic E-state index is 0.182. The van der Waals surface area contributed by atoms with Crippen molar-refractivity contribution in [3.05, 3.63) is 181 Å². The van der Waals surface area contributed by atoms with E-state index in [0.29, 0.717) is 0 Å². The van der Waals surface area contributed by atoms with Crippen molar-refractivity contribution in [1.29, 1.82) is 0 Å². The van der Waals surface area contributed by atoms with Gasteiger partial charge in [-0.1, -0.05) is 111 Å². The van der Waals surface area contributed by atoms with Crippen LogP contribution in [0.4, 0.5) is 0 Å². The molecule has 0 aliphatic heterocycles. The number of hydrogen-bond acceptors (Lipinski definition) is 1. The molecule has 12 rings (SSSR count). The third-order valence-corrected chi connectivity index (χ3v) is 12.1. The average molecular weight is 691 g/mol. The zero-order valence-electron chi connectivity index (χ0n) is 30.0. The molecule has 8 aromatic carbocycles. The van der Waals surface area contributed by atoms with Crippen molar-refractivity contribution in [1.82, 2.24) is 9.13 Å². The molecule has 3 heterocycles. The molecule has 3 aromatic heterocycles. The van der Waals surface area contributed by atoms with Gasteiger partial charge in [-0.15, -0.1) is 0 Å².